The van der Waals surface area contributed by atoms with Crippen LogP contribution in [0.4, 0.5) is 27.4 Å². The number of amides is 1. The number of para-hydroxylation sites is 1. The molecule has 0 radical (unpaired) electrons. The first kappa shape index (κ1) is 25.9. The molecule has 0 aliphatic carbocycles. The summed E-state index contributed by atoms with van der Waals surface area (Å²) in [4.78, 5) is 41.3. The second-order valence-electron chi connectivity index (χ2n) is 7.76. The topological polar surface area (TPSA) is 140 Å². The van der Waals surface area contributed by atoms with E-state index in [1.54, 1.807) is 24.3 Å². The molecule has 0 aliphatic rings. The second-order valence-corrected chi connectivity index (χ2v) is 7.76. The predicted octanol–water partition coefficient (Wildman–Crippen LogP) is 4.10. The Balaban J connectivity index is 1.72. The molecule has 0 saturated carbocycles. The summed E-state index contributed by atoms with van der Waals surface area (Å²) in [5, 5.41) is 9.02. The van der Waals surface area contributed by atoms with Crippen LogP contribution in [0.25, 0.3) is 11.4 Å². The molecule has 1 amide bonds. The molecule has 3 N–H and O–H groups in total. The summed E-state index contributed by atoms with van der Waals surface area (Å²) in [6.07, 6.45) is 5.02. The van der Waals surface area contributed by atoms with Gasteiger partial charge in [-0.1, -0.05) is 6.07 Å². The molecule has 3 aromatic heterocycles. The number of esters is 1. The van der Waals surface area contributed by atoms with E-state index in [0.717, 1.165) is 12.4 Å². The lowest BCUT2D eigenvalue weighted by molar-refractivity contribution is 0.0600. The van der Waals surface area contributed by atoms with Crippen LogP contribution in [0.15, 0.2) is 61.2 Å². The normalized spacial score (nSPS) is 10.4. The average molecular weight is 518 g/mol. The number of aromatic nitrogens is 4. The summed E-state index contributed by atoms with van der Waals surface area (Å²) in [5.74, 6) is -0.0373. The number of carbonyl (C=O) groups is 2. The zero-order valence-corrected chi connectivity index (χ0v) is 20.8. The number of rotatable bonds is 9. The maximum Gasteiger partial charge on any atom is 0.338 e. The Morgan fingerprint density at radius 3 is 2.39 bits per heavy atom. The van der Waals surface area contributed by atoms with Crippen LogP contribution in [-0.4, -0.2) is 52.6 Å². The van der Waals surface area contributed by atoms with Crippen molar-refractivity contribution in [3.8, 4) is 17.1 Å². The first-order valence-corrected chi connectivity index (χ1v) is 11.4. The minimum atomic E-state index is -0.558. The molecule has 0 spiro atoms. The fraction of sp³-hybridized carbons (Fsp3) is 0.154. The second kappa shape index (κ2) is 11.7. The number of nitrogens with one attached hydrogen (secondary N) is 3. The van der Waals surface area contributed by atoms with Crippen molar-refractivity contribution in [2.45, 2.75) is 6.92 Å². The maximum atomic E-state index is 13.4. The van der Waals surface area contributed by atoms with Gasteiger partial charge in [-0.25, -0.2) is 29.1 Å². The van der Waals surface area contributed by atoms with Gasteiger partial charge >= 0.3 is 5.97 Å². The third-order valence-electron chi connectivity index (χ3n) is 5.27. The first-order chi connectivity index (χ1) is 18.4. The Bertz CT molecular complexity index is 1460. The molecule has 4 rings (SSSR count). The van der Waals surface area contributed by atoms with E-state index >= 15 is 0 Å². The Morgan fingerprint density at radius 1 is 0.921 bits per heavy atom. The molecule has 0 fully saturated rings. The molecule has 1 aromatic carbocycles. The molecule has 12 heteroatoms. The number of methoxy groups -OCH3 is 2. The van der Waals surface area contributed by atoms with Gasteiger partial charge in [-0.05, 0) is 31.2 Å². The number of carbonyl (C=O) groups excluding carboxylic acids is 2. The smallest absolute Gasteiger partial charge is 0.338 e. The van der Waals surface area contributed by atoms with E-state index in [1.165, 1.54) is 38.7 Å². The van der Waals surface area contributed by atoms with Crippen LogP contribution in [-0.2, 0) is 4.74 Å². The van der Waals surface area contributed by atoms with Crippen molar-refractivity contribution in [2.75, 3.05) is 31.4 Å². The summed E-state index contributed by atoms with van der Waals surface area (Å²) >= 11 is 0. The molecule has 0 aliphatic heterocycles. The van der Waals surface area contributed by atoms with Crippen LogP contribution in [0.3, 0.4) is 0 Å². The largest absolute Gasteiger partial charge is 0.494 e. The number of benzene rings is 1. The quantitative estimate of drug-likeness (QED) is 0.278. The first-order valence-electron chi connectivity index (χ1n) is 11.4. The lowest BCUT2D eigenvalue weighted by Crippen LogP contribution is -2.24. The number of pyridine rings is 2. The van der Waals surface area contributed by atoms with Crippen LogP contribution in [0.5, 0.6) is 5.75 Å². The van der Waals surface area contributed by atoms with E-state index in [0.29, 0.717) is 46.4 Å². The van der Waals surface area contributed by atoms with Crippen molar-refractivity contribution in [3.63, 3.8) is 0 Å². The Hall–Kier alpha value is -5.13. The van der Waals surface area contributed by atoms with Gasteiger partial charge < -0.3 is 25.4 Å². The lowest BCUT2D eigenvalue weighted by Gasteiger charge is -2.17. The number of halogens is 1. The Morgan fingerprint density at radius 2 is 1.68 bits per heavy atom. The van der Waals surface area contributed by atoms with Crippen LogP contribution < -0.4 is 20.7 Å². The molecule has 3 heterocycles. The minimum Gasteiger partial charge on any atom is -0.494 e. The summed E-state index contributed by atoms with van der Waals surface area (Å²) < 4.78 is 23.8. The van der Waals surface area contributed by atoms with Gasteiger partial charge in [0.2, 0.25) is 0 Å². The van der Waals surface area contributed by atoms with E-state index in [9.17, 15) is 14.0 Å². The molecular formula is C26H24FN7O4. The van der Waals surface area contributed by atoms with Crippen molar-refractivity contribution in [1.82, 2.24) is 25.3 Å². The molecule has 0 unspecified atom stereocenters. The minimum absolute atomic E-state index is 0.268. The van der Waals surface area contributed by atoms with E-state index in [2.05, 4.69) is 35.9 Å². The molecular weight excluding hydrogens is 493 g/mol. The van der Waals surface area contributed by atoms with E-state index in [-0.39, 0.29) is 17.3 Å². The van der Waals surface area contributed by atoms with Gasteiger partial charge in [0.1, 0.15) is 11.6 Å². The molecule has 4 aromatic rings. The van der Waals surface area contributed by atoms with Crippen molar-refractivity contribution < 1.29 is 23.5 Å². The highest BCUT2D eigenvalue weighted by molar-refractivity contribution is 6.01. The highest BCUT2D eigenvalue weighted by atomic mass is 19.1. The average Bonchev–Trinajstić information content (AvgIpc) is 2.93. The van der Waals surface area contributed by atoms with Gasteiger partial charge in [-0.3, -0.25) is 4.79 Å². The van der Waals surface area contributed by atoms with Gasteiger partial charge in [-0.2, -0.15) is 0 Å². The van der Waals surface area contributed by atoms with Gasteiger partial charge in [0, 0.05) is 25.0 Å². The predicted molar refractivity (Wildman–Crippen MR) is 138 cm³/mol. The van der Waals surface area contributed by atoms with Crippen molar-refractivity contribution in [1.29, 1.82) is 0 Å². The monoisotopic (exact) mass is 517 g/mol. The van der Waals surface area contributed by atoms with Crippen LogP contribution in [0.1, 0.15) is 27.6 Å². The molecule has 11 nitrogen and oxygen atoms in total. The summed E-state index contributed by atoms with van der Waals surface area (Å²) in [6, 6.07) is 9.91. The van der Waals surface area contributed by atoms with Gasteiger partial charge in [0.05, 0.1) is 54.7 Å². The third kappa shape index (κ3) is 5.81. The van der Waals surface area contributed by atoms with Crippen LogP contribution >= 0.6 is 0 Å². The summed E-state index contributed by atoms with van der Waals surface area (Å²) in [7, 11) is 2.78. The van der Waals surface area contributed by atoms with E-state index in [4.69, 9.17) is 9.47 Å². The SMILES string of the molecule is CCNC(=O)c1cnc(Nc2cc(C(=O)OC)ccn2)cc1Nc1cccc(-c2ncc(F)cn2)c1OC. The van der Waals surface area contributed by atoms with Crippen molar-refractivity contribution >= 4 is 34.9 Å². The number of hydrogen-bond acceptors (Lipinski definition) is 10. The molecule has 38 heavy (non-hydrogen) atoms. The number of nitrogens with zero attached hydrogens (tertiary/aromatic N) is 4. The van der Waals surface area contributed by atoms with Crippen LogP contribution in [0.2, 0.25) is 0 Å². The number of ether oxygens (including phenoxy) is 2. The summed E-state index contributed by atoms with van der Waals surface area (Å²) in [5.41, 5.74) is 2.03. The third-order valence-corrected chi connectivity index (χ3v) is 5.27. The summed E-state index contributed by atoms with van der Waals surface area (Å²) in [6.45, 7) is 2.23. The lowest BCUT2D eigenvalue weighted by atomic mass is 10.1. The highest BCUT2D eigenvalue weighted by Crippen LogP contribution is 2.37. The molecule has 0 saturated heterocycles. The maximum absolute atomic E-state index is 13.4. The fourth-order valence-electron chi connectivity index (χ4n) is 3.57. The zero-order valence-electron chi connectivity index (χ0n) is 20.8. The van der Waals surface area contributed by atoms with Crippen molar-refractivity contribution in [3.05, 3.63) is 78.1 Å². The van der Waals surface area contributed by atoms with Gasteiger partial charge in [0.25, 0.3) is 5.91 Å². The molecule has 194 valence electrons. The number of anilines is 4. The van der Waals surface area contributed by atoms with E-state index in [1.807, 2.05) is 6.92 Å². The van der Waals surface area contributed by atoms with Crippen molar-refractivity contribution in [2.24, 2.45) is 0 Å². The molecule has 0 bridgehead atoms. The van der Waals surface area contributed by atoms with Gasteiger partial charge in [0.15, 0.2) is 17.4 Å². The van der Waals surface area contributed by atoms with Crippen LogP contribution in [0, 0.1) is 5.82 Å². The van der Waals surface area contributed by atoms with Gasteiger partial charge in [-0.15, -0.1) is 0 Å². The standard InChI is InChI=1S/C26H24FN7O4/c1-4-28-25(35)18-14-30-22(34-21-10-15(8-9-29-21)26(36)38-3)11-20(18)33-19-7-5-6-17(23(19)37-2)24-31-12-16(27)13-32-24/h5-14H,4H2,1-3H3,(H,28,35)(H2,29,30,33,34). The van der Waals surface area contributed by atoms with E-state index < -0.39 is 11.8 Å². The number of hydrogen-bond donors (Lipinski definition) is 3. The zero-order chi connectivity index (χ0) is 27.1. The fourth-order valence-corrected chi connectivity index (χ4v) is 3.57. The Kier molecular flexibility index (Phi) is 8.01. The highest BCUT2D eigenvalue weighted by Gasteiger charge is 2.18. The molecule has 0 atom stereocenters. The Labute approximate surface area is 217 Å².